The molecule has 7 nitrogen and oxygen atoms in total. The van der Waals surface area contributed by atoms with Gasteiger partial charge in [-0.3, -0.25) is 19.6 Å². The van der Waals surface area contributed by atoms with Crippen molar-refractivity contribution in [1.82, 2.24) is 9.78 Å². The molecule has 1 N–H and O–H groups in total. The summed E-state index contributed by atoms with van der Waals surface area (Å²) in [6.45, 7) is 4.58. The van der Waals surface area contributed by atoms with E-state index in [2.05, 4.69) is 10.4 Å². The summed E-state index contributed by atoms with van der Waals surface area (Å²) in [7, 11) is 0. The first kappa shape index (κ1) is 16.9. The number of aromatic nitrogens is 2. The molecule has 0 saturated carbocycles. The van der Waals surface area contributed by atoms with Gasteiger partial charge in [0.2, 0.25) is 5.91 Å². The second-order valence-electron chi connectivity index (χ2n) is 5.01. The van der Waals surface area contributed by atoms with Crippen LogP contribution in [-0.4, -0.2) is 20.6 Å². The number of aryl methyl sites for hydroxylation is 1. The zero-order chi connectivity index (χ0) is 17.3. The van der Waals surface area contributed by atoms with Gasteiger partial charge < -0.3 is 5.32 Å². The van der Waals surface area contributed by atoms with Gasteiger partial charge in [0.05, 0.1) is 15.6 Å². The Morgan fingerprint density at radius 3 is 2.65 bits per heavy atom. The van der Waals surface area contributed by atoms with E-state index in [4.69, 9.17) is 11.6 Å². The fourth-order valence-corrected chi connectivity index (χ4v) is 2.45. The van der Waals surface area contributed by atoms with Crippen molar-refractivity contribution >= 4 is 28.9 Å². The normalized spacial score (nSPS) is 12.0. The molecule has 1 aromatic carbocycles. The highest BCUT2D eigenvalue weighted by Crippen LogP contribution is 2.27. The van der Waals surface area contributed by atoms with Crippen molar-refractivity contribution in [2.75, 3.05) is 5.32 Å². The van der Waals surface area contributed by atoms with Gasteiger partial charge in [0, 0.05) is 0 Å². The van der Waals surface area contributed by atoms with E-state index in [-0.39, 0.29) is 27.8 Å². The number of nitrogens with one attached hydrogen (secondary N) is 1. The summed E-state index contributed by atoms with van der Waals surface area (Å²) in [5, 5.41) is 17.7. The molecule has 0 aliphatic carbocycles. The van der Waals surface area contributed by atoms with Crippen LogP contribution in [0.3, 0.4) is 0 Å². The van der Waals surface area contributed by atoms with Crippen molar-refractivity contribution in [1.29, 1.82) is 0 Å². The molecule has 1 atom stereocenters. The Morgan fingerprint density at radius 2 is 2.13 bits per heavy atom. The molecule has 0 bridgehead atoms. The second-order valence-corrected chi connectivity index (χ2v) is 5.42. The number of hydrogen-bond acceptors (Lipinski definition) is 4. The standard InChI is InChI=1S/C14H14ClFN4O3/c1-7-13(20(22)23)8(2)19(18-7)9(3)14(21)17-12-5-4-10(16)6-11(12)15/h4-6,9H,1-3H3,(H,17,21)/t9-/m1/s1. The van der Waals surface area contributed by atoms with E-state index in [1.165, 1.54) is 30.7 Å². The van der Waals surface area contributed by atoms with Crippen LogP contribution in [0.25, 0.3) is 0 Å². The maximum Gasteiger partial charge on any atom is 0.312 e. The van der Waals surface area contributed by atoms with Crippen LogP contribution in [0, 0.1) is 29.8 Å². The molecule has 9 heteroatoms. The molecule has 0 aliphatic rings. The van der Waals surface area contributed by atoms with Crippen LogP contribution in [0.2, 0.25) is 5.02 Å². The Kier molecular flexibility index (Phi) is 4.65. The van der Waals surface area contributed by atoms with E-state index < -0.39 is 22.7 Å². The predicted molar refractivity (Wildman–Crippen MR) is 83.1 cm³/mol. The number of rotatable bonds is 4. The van der Waals surface area contributed by atoms with Crippen LogP contribution in [0.5, 0.6) is 0 Å². The highest BCUT2D eigenvalue weighted by molar-refractivity contribution is 6.33. The predicted octanol–water partition coefficient (Wildman–Crippen LogP) is 3.40. The van der Waals surface area contributed by atoms with E-state index in [9.17, 15) is 19.3 Å². The van der Waals surface area contributed by atoms with Gasteiger partial charge in [-0.2, -0.15) is 5.10 Å². The molecule has 1 aromatic heterocycles. The Morgan fingerprint density at radius 1 is 1.48 bits per heavy atom. The third kappa shape index (κ3) is 3.31. The molecule has 0 fully saturated rings. The minimum absolute atomic E-state index is 0.0601. The van der Waals surface area contributed by atoms with Crippen molar-refractivity contribution in [3.63, 3.8) is 0 Å². The monoisotopic (exact) mass is 340 g/mol. The van der Waals surface area contributed by atoms with Crippen LogP contribution in [-0.2, 0) is 4.79 Å². The largest absolute Gasteiger partial charge is 0.323 e. The summed E-state index contributed by atoms with van der Waals surface area (Å²) < 4.78 is 14.3. The SMILES string of the molecule is Cc1nn([C@H](C)C(=O)Nc2ccc(F)cc2Cl)c(C)c1[N+](=O)[O-]. The molecule has 2 aromatic rings. The maximum absolute atomic E-state index is 13.0. The molecule has 0 radical (unpaired) electrons. The first-order valence-electron chi connectivity index (χ1n) is 6.68. The zero-order valence-electron chi connectivity index (χ0n) is 12.6. The number of amides is 1. The smallest absolute Gasteiger partial charge is 0.312 e. The summed E-state index contributed by atoms with van der Waals surface area (Å²) in [5.74, 6) is -0.991. The molecule has 0 aliphatic heterocycles. The van der Waals surface area contributed by atoms with E-state index >= 15 is 0 Å². The number of carbonyl (C=O) groups is 1. The van der Waals surface area contributed by atoms with E-state index in [0.717, 1.165) is 6.07 Å². The third-order valence-electron chi connectivity index (χ3n) is 3.40. The van der Waals surface area contributed by atoms with Gasteiger partial charge in [-0.05, 0) is 39.0 Å². The summed E-state index contributed by atoms with van der Waals surface area (Å²) in [4.78, 5) is 22.8. The minimum atomic E-state index is -0.802. The Bertz CT molecular complexity index is 791. The average molecular weight is 341 g/mol. The average Bonchev–Trinajstić information content (AvgIpc) is 2.76. The quantitative estimate of drug-likeness (QED) is 0.682. The van der Waals surface area contributed by atoms with Gasteiger partial charge >= 0.3 is 5.69 Å². The Hall–Kier alpha value is -2.48. The molecular weight excluding hydrogens is 327 g/mol. The van der Waals surface area contributed by atoms with Crippen molar-refractivity contribution in [3.05, 3.63) is 50.5 Å². The lowest BCUT2D eigenvalue weighted by Crippen LogP contribution is -2.25. The maximum atomic E-state index is 13.0. The highest BCUT2D eigenvalue weighted by Gasteiger charge is 2.27. The lowest BCUT2D eigenvalue weighted by Gasteiger charge is -2.14. The Balaban J connectivity index is 2.27. The molecule has 0 spiro atoms. The number of benzene rings is 1. The fourth-order valence-electron chi connectivity index (χ4n) is 2.23. The molecule has 1 heterocycles. The van der Waals surface area contributed by atoms with Crippen molar-refractivity contribution in [2.45, 2.75) is 26.8 Å². The number of carbonyl (C=O) groups excluding carboxylic acids is 1. The van der Waals surface area contributed by atoms with Gasteiger partial charge in [0.1, 0.15) is 23.2 Å². The topological polar surface area (TPSA) is 90.1 Å². The summed E-state index contributed by atoms with van der Waals surface area (Å²) in [6, 6.07) is 2.78. The highest BCUT2D eigenvalue weighted by atomic mass is 35.5. The van der Waals surface area contributed by atoms with Crippen LogP contribution in [0.1, 0.15) is 24.4 Å². The molecular formula is C14H14ClFN4O3. The fraction of sp³-hybridized carbons (Fsp3) is 0.286. The second kappa shape index (κ2) is 6.33. The minimum Gasteiger partial charge on any atom is -0.323 e. The summed E-state index contributed by atoms with van der Waals surface area (Å²) >= 11 is 5.86. The molecule has 1 amide bonds. The van der Waals surface area contributed by atoms with E-state index in [1.54, 1.807) is 6.92 Å². The molecule has 0 unspecified atom stereocenters. The van der Waals surface area contributed by atoms with Gasteiger partial charge in [0.25, 0.3) is 0 Å². The van der Waals surface area contributed by atoms with Gasteiger partial charge in [-0.1, -0.05) is 11.6 Å². The van der Waals surface area contributed by atoms with Crippen molar-refractivity contribution in [2.24, 2.45) is 0 Å². The van der Waals surface area contributed by atoms with E-state index in [0.29, 0.717) is 0 Å². The summed E-state index contributed by atoms with van der Waals surface area (Å²) in [5.41, 5.74) is 0.637. The van der Waals surface area contributed by atoms with Crippen LogP contribution < -0.4 is 5.32 Å². The van der Waals surface area contributed by atoms with Crippen LogP contribution in [0.15, 0.2) is 18.2 Å². The van der Waals surface area contributed by atoms with Gasteiger partial charge in [-0.25, -0.2) is 4.39 Å². The number of anilines is 1. The lowest BCUT2D eigenvalue weighted by molar-refractivity contribution is -0.386. The van der Waals surface area contributed by atoms with Crippen LogP contribution in [0.4, 0.5) is 15.8 Å². The number of nitrogens with zero attached hydrogens (tertiary/aromatic N) is 3. The lowest BCUT2D eigenvalue weighted by atomic mass is 10.2. The third-order valence-corrected chi connectivity index (χ3v) is 3.72. The van der Waals surface area contributed by atoms with E-state index in [1.807, 2.05) is 0 Å². The number of halogens is 2. The molecule has 122 valence electrons. The van der Waals surface area contributed by atoms with Crippen LogP contribution >= 0.6 is 11.6 Å². The first-order valence-corrected chi connectivity index (χ1v) is 7.06. The first-order chi connectivity index (χ1) is 10.7. The zero-order valence-corrected chi connectivity index (χ0v) is 13.4. The van der Waals surface area contributed by atoms with Gasteiger partial charge in [-0.15, -0.1) is 0 Å². The number of hydrogen-bond donors (Lipinski definition) is 1. The molecule has 0 saturated heterocycles. The van der Waals surface area contributed by atoms with Crippen molar-refractivity contribution < 1.29 is 14.1 Å². The Labute approximate surface area is 136 Å². The summed E-state index contributed by atoms with van der Waals surface area (Å²) in [6.07, 6.45) is 0. The number of nitro groups is 1. The van der Waals surface area contributed by atoms with Crippen molar-refractivity contribution in [3.8, 4) is 0 Å². The molecule has 23 heavy (non-hydrogen) atoms. The molecule has 2 rings (SSSR count). The van der Waals surface area contributed by atoms with Gasteiger partial charge in [0.15, 0.2) is 0 Å².